The van der Waals surface area contributed by atoms with Crippen molar-refractivity contribution in [2.45, 2.75) is 65.0 Å². The number of ketones is 2. The zero-order valence-electron chi connectivity index (χ0n) is 19.8. The van der Waals surface area contributed by atoms with Crippen LogP contribution in [0.2, 0.25) is 0 Å². The fourth-order valence-electron chi connectivity index (χ4n) is 2.89. The van der Waals surface area contributed by atoms with E-state index in [0.29, 0.717) is 22.3 Å². The molecule has 0 amide bonds. The van der Waals surface area contributed by atoms with Gasteiger partial charge in [-0.2, -0.15) is 0 Å². The number of hydrogen-bond acceptors (Lipinski definition) is 8. The summed E-state index contributed by atoms with van der Waals surface area (Å²) in [5.74, 6) is -1.95. The summed E-state index contributed by atoms with van der Waals surface area (Å²) in [6.45, 7) is 5.61. The lowest BCUT2D eigenvalue weighted by Crippen LogP contribution is -2.31. The second-order valence-corrected chi connectivity index (χ2v) is 8.99. The molecule has 0 aliphatic rings. The molecule has 0 radical (unpaired) electrons. The van der Waals surface area contributed by atoms with E-state index in [1.165, 1.54) is 27.7 Å². The monoisotopic (exact) mass is 470 g/mol. The molecular weight excluding hydrogens is 440 g/mol. The number of rotatable bonds is 11. The number of benzene rings is 2. The molecule has 2 aromatic carbocycles. The number of Topliss-reactive ketones (excluding diaryl/α,β-unsaturated/α-hetero) is 2. The highest BCUT2D eigenvalue weighted by Gasteiger charge is 2.25. The summed E-state index contributed by atoms with van der Waals surface area (Å²) in [5.41, 5.74) is -0.915. The van der Waals surface area contributed by atoms with Gasteiger partial charge in [-0.1, -0.05) is 48.5 Å². The van der Waals surface area contributed by atoms with Gasteiger partial charge in [0, 0.05) is 11.1 Å². The molecule has 0 aromatic heterocycles. The molecule has 0 heterocycles. The molecule has 2 aromatic rings. The van der Waals surface area contributed by atoms with Gasteiger partial charge in [0.2, 0.25) is 0 Å². The van der Waals surface area contributed by atoms with Crippen molar-refractivity contribution in [3.63, 3.8) is 0 Å². The molecular formula is C26H30O8. The number of esters is 2. The smallest absolute Gasteiger partial charge is 0.306 e. The first-order valence-electron chi connectivity index (χ1n) is 10.8. The first kappa shape index (κ1) is 26.9. The van der Waals surface area contributed by atoms with E-state index >= 15 is 0 Å². The lowest BCUT2D eigenvalue weighted by molar-refractivity contribution is -0.151. The Kier molecular flexibility index (Phi) is 8.84. The molecule has 0 saturated heterocycles. The quantitative estimate of drug-likeness (QED) is 0.379. The van der Waals surface area contributed by atoms with Crippen molar-refractivity contribution in [1.29, 1.82) is 0 Å². The van der Waals surface area contributed by atoms with Crippen LogP contribution in [-0.4, -0.2) is 44.9 Å². The summed E-state index contributed by atoms with van der Waals surface area (Å²) in [4.78, 5) is 47.9. The zero-order chi connectivity index (χ0) is 25.5. The Morgan fingerprint density at radius 3 is 1.18 bits per heavy atom. The molecule has 0 saturated carbocycles. The van der Waals surface area contributed by atoms with E-state index in [2.05, 4.69) is 0 Å². The molecule has 0 aliphatic heterocycles. The lowest BCUT2D eigenvalue weighted by atomic mass is 9.96. The lowest BCUT2D eigenvalue weighted by Gasteiger charge is -2.15. The Morgan fingerprint density at radius 2 is 0.912 bits per heavy atom. The summed E-state index contributed by atoms with van der Waals surface area (Å²) in [5, 5.41) is 19.5. The zero-order valence-corrected chi connectivity index (χ0v) is 19.8. The van der Waals surface area contributed by atoms with Crippen LogP contribution in [0.25, 0.3) is 0 Å². The van der Waals surface area contributed by atoms with Crippen LogP contribution in [0.1, 0.15) is 72.4 Å². The molecule has 0 atom stereocenters. The van der Waals surface area contributed by atoms with Crippen molar-refractivity contribution in [3.8, 4) is 0 Å². The van der Waals surface area contributed by atoms with Crippen LogP contribution >= 0.6 is 0 Å². The molecule has 0 spiro atoms. The molecule has 2 N–H and O–H groups in total. The maximum absolute atomic E-state index is 12.0. The molecule has 0 aliphatic carbocycles. The van der Waals surface area contributed by atoms with Crippen molar-refractivity contribution in [3.05, 3.63) is 70.8 Å². The van der Waals surface area contributed by atoms with Gasteiger partial charge in [0.1, 0.15) is 24.4 Å². The number of carbonyl (C=O) groups is 4. The van der Waals surface area contributed by atoms with Crippen molar-refractivity contribution < 1.29 is 38.9 Å². The fraction of sp³-hybridized carbons (Fsp3) is 0.385. The summed E-state index contributed by atoms with van der Waals surface area (Å²) < 4.78 is 10.3. The summed E-state index contributed by atoms with van der Waals surface area (Å²) >= 11 is 0. The topological polar surface area (TPSA) is 127 Å². The van der Waals surface area contributed by atoms with Crippen LogP contribution < -0.4 is 0 Å². The minimum Gasteiger partial charge on any atom is -0.461 e. The van der Waals surface area contributed by atoms with Gasteiger partial charge in [-0.15, -0.1) is 0 Å². The van der Waals surface area contributed by atoms with Crippen molar-refractivity contribution in [2.75, 3.05) is 0 Å². The van der Waals surface area contributed by atoms with Gasteiger partial charge in [-0.05, 0) is 38.8 Å². The average Bonchev–Trinajstić information content (AvgIpc) is 2.78. The van der Waals surface area contributed by atoms with Crippen molar-refractivity contribution in [2.24, 2.45) is 0 Å². The van der Waals surface area contributed by atoms with Crippen LogP contribution in [0, 0.1) is 0 Å². The van der Waals surface area contributed by atoms with Gasteiger partial charge < -0.3 is 19.7 Å². The predicted octanol–water partition coefficient (Wildman–Crippen LogP) is 3.16. The maximum Gasteiger partial charge on any atom is 0.306 e. The molecule has 2 rings (SSSR count). The summed E-state index contributed by atoms with van der Waals surface area (Å²) in [7, 11) is 0. The second kappa shape index (κ2) is 11.2. The minimum absolute atomic E-state index is 0.0133. The van der Waals surface area contributed by atoms with Gasteiger partial charge in [0.15, 0.2) is 11.6 Å². The van der Waals surface area contributed by atoms with E-state index in [9.17, 15) is 29.4 Å². The fourth-order valence-corrected chi connectivity index (χ4v) is 2.89. The van der Waals surface area contributed by atoms with Crippen LogP contribution in [0.15, 0.2) is 48.5 Å². The SMILES string of the molecule is CC(C)(O)C(=O)c1ccc(COC(=O)CCC(=O)OCc2ccc(C(=O)C(C)(C)O)cc2)cc1. The average molecular weight is 471 g/mol. The third-order valence-electron chi connectivity index (χ3n) is 4.88. The van der Waals surface area contributed by atoms with Crippen LogP contribution in [0.3, 0.4) is 0 Å². The van der Waals surface area contributed by atoms with E-state index < -0.39 is 34.7 Å². The maximum atomic E-state index is 12.0. The molecule has 0 fully saturated rings. The van der Waals surface area contributed by atoms with E-state index in [-0.39, 0.29) is 26.1 Å². The van der Waals surface area contributed by atoms with E-state index in [1.54, 1.807) is 48.5 Å². The number of carbonyl (C=O) groups excluding carboxylic acids is 4. The largest absolute Gasteiger partial charge is 0.461 e. The van der Waals surface area contributed by atoms with Crippen LogP contribution in [0.5, 0.6) is 0 Å². The molecule has 8 heteroatoms. The minimum atomic E-state index is -1.47. The van der Waals surface area contributed by atoms with E-state index in [0.717, 1.165) is 0 Å². The molecule has 8 nitrogen and oxygen atoms in total. The highest BCUT2D eigenvalue weighted by molar-refractivity contribution is 6.02. The Morgan fingerprint density at radius 1 is 0.618 bits per heavy atom. The van der Waals surface area contributed by atoms with Gasteiger partial charge in [-0.3, -0.25) is 19.2 Å². The first-order valence-corrected chi connectivity index (χ1v) is 10.8. The molecule has 0 unspecified atom stereocenters. The summed E-state index contributed by atoms with van der Waals surface area (Å²) in [6.07, 6.45) is -0.291. The van der Waals surface area contributed by atoms with E-state index in [4.69, 9.17) is 9.47 Å². The van der Waals surface area contributed by atoms with Gasteiger partial charge >= 0.3 is 11.9 Å². The Labute approximate surface area is 198 Å². The van der Waals surface area contributed by atoms with Crippen LogP contribution in [-0.2, 0) is 32.3 Å². The van der Waals surface area contributed by atoms with Gasteiger partial charge in [-0.25, -0.2) is 0 Å². The number of ether oxygens (including phenoxy) is 2. The van der Waals surface area contributed by atoms with Gasteiger partial charge in [0.05, 0.1) is 12.8 Å². The standard InChI is InChI=1S/C26H30O8/c1-25(2,31)23(29)19-9-5-17(6-10-19)15-33-21(27)13-14-22(28)34-16-18-7-11-20(12-8-18)24(30)26(3,4)32/h5-12,31-32H,13-16H2,1-4H3. The normalized spacial score (nSPS) is 11.6. The Bertz CT molecular complexity index is 937. The Hall–Kier alpha value is -3.36. The third-order valence-corrected chi connectivity index (χ3v) is 4.88. The molecule has 34 heavy (non-hydrogen) atoms. The summed E-state index contributed by atoms with van der Waals surface area (Å²) in [6, 6.07) is 12.7. The molecule has 0 bridgehead atoms. The van der Waals surface area contributed by atoms with Crippen LogP contribution in [0.4, 0.5) is 0 Å². The number of hydrogen-bond donors (Lipinski definition) is 2. The highest BCUT2D eigenvalue weighted by atomic mass is 16.5. The Balaban J connectivity index is 1.72. The first-order chi connectivity index (χ1) is 15.8. The van der Waals surface area contributed by atoms with Gasteiger partial charge in [0.25, 0.3) is 0 Å². The second-order valence-electron chi connectivity index (χ2n) is 8.99. The highest BCUT2D eigenvalue weighted by Crippen LogP contribution is 2.15. The van der Waals surface area contributed by atoms with Crippen molar-refractivity contribution >= 4 is 23.5 Å². The third kappa shape index (κ3) is 8.20. The molecule has 182 valence electrons. The number of aliphatic hydroxyl groups is 2. The predicted molar refractivity (Wildman–Crippen MR) is 123 cm³/mol. The van der Waals surface area contributed by atoms with E-state index in [1.807, 2.05) is 0 Å². The van der Waals surface area contributed by atoms with Crippen molar-refractivity contribution in [1.82, 2.24) is 0 Å².